The SMILES string of the molecule is CCC[C@@H](N)Cc1ccccc1Br. The van der Waals surface area contributed by atoms with E-state index in [0.717, 1.165) is 19.3 Å². The molecule has 0 bridgehead atoms. The number of rotatable bonds is 4. The maximum absolute atomic E-state index is 5.96. The molecule has 72 valence electrons. The van der Waals surface area contributed by atoms with Crippen LogP contribution in [0.25, 0.3) is 0 Å². The van der Waals surface area contributed by atoms with Crippen molar-refractivity contribution in [2.24, 2.45) is 5.73 Å². The third-order valence-corrected chi connectivity index (χ3v) is 2.87. The molecule has 13 heavy (non-hydrogen) atoms. The third-order valence-electron chi connectivity index (χ3n) is 2.10. The van der Waals surface area contributed by atoms with E-state index in [1.165, 1.54) is 10.0 Å². The zero-order valence-corrected chi connectivity index (χ0v) is 9.55. The van der Waals surface area contributed by atoms with Crippen molar-refractivity contribution < 1.29 is 0 Å². The standard InChI is InChI=1S/C11H16BrN/c1-2-5-10(13)8-9-6-3-4-7-11(9)12/h3-4,6-7,10H,2,5,8,13H2,1H3/t10-/m1/s1. The molecule has 1 aromatic carbocycles. The molecule has 2 N–H and O–H groups in total. The van der Waals surface area contributed by atoms with Crippen molar-refractivity contribution in [3.8, 4) is 0 Å². The topological polar surface area (TPSA) is 26.0 Å². The van der Waals surface area contributed by atoms with Crippen LogP contribution in [-0.4, -0.2) is 6.04 Å². The van der Waals surface area contributed by atoms with Gasteiger partial charge in [0.1, 0.15) is 0 Å². The first-order valence-electron chi connectivity index (χ1n) is 4.73. The molecule has 0 saturated carbocycles. The van der Waals surface area contributed by atoms with Crippen molar-refractivity contribution in [2.45, 2.75) is 32.2 Å². The monoisotopic (exact) mass is 241 g/mol. The lowest BCUT2D eigenvalue weighted by Crippen LogP contribution is -2.22. The summed E-state index contributed by atoms with van der Waals surface area (Å²) in [6, 6.07) is 8.56. The largest absolute Gasteiger partial charge is 0.327 e. The Hall–Kier alpha value is -0.340. The first-order valence-corrected chi connectivity index (χ1v) is 5.52. The molecule has 0 aliphatic rings. The molecule has 0 spiro atoms. The summed E-state index contributed by atoms with van der Waals surface area (Å²) in [6.45, 7) is 2.17. The fraction of sp³-hybridized carbons (Fsp3) is 0.455. The van der Waals surface area contributed by atoms with Crippen LogP contribution in [0.5, 0.6) is 0 Å². The first-order chi connectivity index (χ1) is 6.24. The van der Waals surface area contributed by atoms with Gasteiger partial charge in [0, 0.05) is 10.5 Å². The second-order valence-electron chi connectivity index (χ2n) is 3.34. The van der Waals surface area contributed by atoms with Gasteiger partial charge in [0.05, 0.1) is 0 Å². The Bertz CT molecular complexity index is 260. The molecule has 0 saturated heterocycles. The van der Waals surface area contributed by atoms with Crippen LogP contribution in [0.2, 0.25) is 0 Å². The highest BCUT2D eigenvalue weighted by atomic mass is 79.9. The Kier molecular flexibility index (Phi) is 4.46. The number of hydrogen-bond acceptors (Lipinski definition) is 1. The summed E-state index contributed by atoms with van der Waals surface area (Å²) in [7, 11) is 0. The molecule has 0 heterocycles. The Morgan fingerprint density at radius 2 is 2.08 bits per heavy atom. The Morgan fingerprint density at radius 3 is 2.69 bits per heavy atom. The van der Waals surface area contributed by atoms with E-state index < -0.39 is 0 Å². The second kappa shape index (κ2) is 5.40. The molecule has 0 amide bonds. The van der Waals surface area contributed by atoms with Crippen molar-refractivity contribution in [2.75, 3.05) is 0 Å². The van der Waals surface area contributed by atoms with Gasteiger partial charge < -0.3 is 5.73 Å². The Labute approximate surface area is 88.5 Å². The minimum absolute atomic E-state index is 0.295. The average Bonchev–Trinajstić information content (AvgIpc) is 2.09. The molecular formula is C11H16BrN. The van der Waals surface area contributed by atoms with Gasteiger partial charge in [0.15, 0.2) is 0 Å². The van der Waals surface area contributed by atoms with Crippen LogP contribution in [-0.2, 0) is 6.42 Å². The molecule has 0 fully saturated rings. The van der Waals surface area contributed by atoms with Crippen LogP contribution in [0.3, 0.4) is 0 Å². The van der Waals surface area contributed by atoms with E-state index in [2.05, 4.69) is 41.1 Å². The zero-order chi connectivity index (χ0) is 9.68. The predicted octanol–water partition coefficient (Wildman–Crippen LogP) is 3.12. The fourth-order valence-corrected chi connectivity index (χ4v) is 1.87. The van der Waals surface area contributed by atoms with Gasteiger partial charge >= 0.3 is 0 Å². The van der Waals surface area contributed by atoms with Gasteiger partial charge in [-0.15, -0.1) is 0 Å². The van der Waals surface area contributed by atoms with Crippen LogP contribution in [0.4, 0.5) is 0 Å². The minimum atomic E-state index is 0.295. The van der Waals surface area contributed by atoms with E-state index in [9.17, 15) is 0 Å². The highest BCUT2D eigenvalue weighted by Crippen LogP contribution is 2.17. The lowest BCUT2D eigenvalue weighted by Gasteiger charge is -2.11. The van der Waals surface area contributed by atoms with Crippen LogP contribution in [0.15, 0.2) is 28.7 Å². The highest BCUT2D eigenvalue weighted by molar-refractivity contribution is 9.10. The predicted molar refractivity (Wildman–Crippen MR) is 60.7 cm³/mol. The summed E-state index contributed by atoms with van der Waals surface area (Å²) in [4.78, 5) is 0. The highest BCUT2D eigenvalue weighted by Gasteiger charge is 2.04. The lowest BCUT2D eigenvalue weighted by molar-refractivity contribution is 0.599. The van der Waals surface area contributed by atoms with Gasteiger partial charge in [0.25, 0.3) is 0 Å². The van der Waals surface area contributed by atoms with Crippen LogP contribution in [0.1, 0.15) is 25.3 Å². The van der Waals surface area contributed by atoms with E-state index in [4.69, 9.17) is 5.73 Å². The Balaban J connectivity index is 2.58. The molecule has 1 aromatic rings. The average molecular weight is 242 g/mol. The molecule has 2 heteroatoms. The minimum Gasteiger partial charge on any atom is -0.327 e. The summed E-state index contributed by atoms with van der Waals surface area (Å²) < 4.78 is 1.17. The smallest absolute Gasteiger partial charge is 0.0207 e. The van der Waals surface area contributed by atoms with Crippen LogP contribution >= 0.6 is 15.9 Å². The molecule has 0 aromatic heterocycles. The summed E-state index contributed by atoms with van der Waals surface area (Å²) in [5.74, 6) is 0. The van der Waals surface area contributed by atoms with Gasteiger partial charge in [-0.1, -0.05) is 47.5 Å². The van der Waals surface area contributed by atoms with E-state index in [0.29, 0.717) is 6.04 Å². The van der Waals surface area contributed by atoms with E-state index >= 15 is 0 Å². The molecule has 0 aliphatic carbocycles. The van der Waals surface area contributed by atoms with Gasteiger partial charge in [-0.05, 0) is 24.5 Å². The van der Waals surface area contributed by atoms with Crippen molar-refractivity contribution in [3.63, 3.8) is 0 Å². The molecule has 1 rings (SSSR count). The number of nitrogens with two attached hydrogens (primary N) is 1. The van der Waals surface area contributed by atoms with Gasteiger partial charge in [0.2, 0.25) is 0 Å². The number of benzene rings is 1. The first kappa shape index (κ1) is 10.7. The fourth-order valence-electron chi connectivity index (χ4n) is 1.42. The maximum Gasteiger partial charge on any atom is 0.0207 e. The van der Waals surface area contributed by atoms with Gasteiger partial charge in [-0.2, -0.15) is 0 Å². The van der Waals surface area contributed by atoms with E-state index in [1.54, 1.807) is 0 Å². The lowest BCUT2D eigenvalue weighted by atomic mass is 10.0. The Morgan fingerprint density at radius 1 is 1.38 bits per heavy atom. The normalized spacial score (nSPS) is 12.8. The number of hydrogen-bond donors (Lipinski definition) is 1. The van der Waals surface area contributed by atoms with Crippen molar-refractivity contribution in [1.29, 1.82) is 0 Å². The summed E-state index contributed by atoms with van der Waals surface area (Å²) >= 11 is 3.52. The van der Waals surface area contributed by atoms with Crippen molar-refractivity contribution in [3.05, 3.63) is 34.3 Å². The molecule has 0 radical (unpaired) electrons. The van der Waals surface area contributed by atoms with Crippen molar-refractivity contribution in [1.82, 2.24) is 0 Å². The van der Waals surface area contributed by atoms with E-state index in [-0.39, 0.29) is 0 Å². The van der Waals surface area contributed by atoms with E-state index in [1.807, 2.05) is 6.07 Å². The number of halogens is 1. The molecule has 1 nitrogen and oxygen atoms in total. The van der Waals surface area contributed by atoms with Crippen molar-refractivity contribution >= 4 is 15.9 Å². The van der Waals surface area contributed by atoms with Crippen LogP contribution in [0, 0.1) is 0 Å². The molecule has 1 atom stereocenters. The molecule has 0 unspecified atom stereocenters. The van der Waals surface area contributed by atoms with Crippen LogP contribution < -0.4 is 5.73 Å². The summed E-state index contributed by atoms with van der Waals surface area (Å²) in [5.41, 5.74) is 7.27. The van der Waals surface area contributed by atoms with Gasteiger partial charge in [-0.25, -0.2) is 0 Å². The van der Waals surface area contributed by atoms with Gasteiger partial charge in [-0.3, -0.25) is 0 Å². The summed E-state index contributed by atoms with van der Waals surface area (Å²) in [6.07, 6.45) is 3.22. The molecule has 0 aliphatic heterocycles. The quantitative estimate of drug-likeness (QED) is 0.862. The maximum atomic E-state index is 5.96. The molecular weight excluding hydrogens is 226 g/mol. The summed E-state index contributed by atoms with van der Waals surface area (Å²) in [5, 5.41) is 0. The second-order valence-corrected chi connectivity index (χ2v) is 4.20. The third kappa shape index (κ3) is 3.49. The zero-order valence-electron chi connectivity index (χ0n) is 7.96.